The van der Waals surface area contributed by atoms with E-state index < -0.39 is 0 Å². The van der Waals surface area contributed by atoms with Crippen molar-refractivity contribution in [3.63, 3.8) is 0 Å². The molecule has 1 heterocycles. The number of benzene rings is 1. The molecule has 0 aliphatic carbocycles. The lowest BCUT2D eigenvalue weighted by atomic mass is 10.1. The van der Waals surface area contributed by atoms with Crippen LogP contribution in [0.25, 0.3) is 10.9 Å². The highest BCUT2D eigenvalue weighted by Gasteiger charge is 2.09. The zero-order valence-electron chi connectivity index (χ0n) is 10.5. The molecule has 0 atom stereocenters. The van der Waals surface area contributed by atoms with Gasteiger partial charge in [-0.1, -0.05) is 6.92 Å². The van der Waals surface area contributed by atoms with Gasteiger partial charge in [0.1, 0.15) is 5.82 Å². The van der Waals surface area contributed by atoms with E-state index in [9.17, 15) is 4.39 Å². The third-order valence-electron chi connectivity index (χ3n) is 2.95. The number of fused-ring (bicyclic) bond motifs is 1. The Morgan fingerprint density at radius 3 is 2.71 bits per heavy atom. The number of nitrogens with one attached hydrogen (secondary N) is 1. The molecule has 0 aliphatic rings. The van der Waals surface area contributed by atoms with Crippen LogP contribution in [0.15, 0.2) is 18.2 Å². The van der Waals surface area contributed by atoms with Crippen LogP contribution in [0.1, 0.15) is 25.1 Å². The van der Waals surface area contributed by atoms with Crippen LogP contribution in [0.3, 0.4) is 0 Å². The highest BCUT2D eigenvalue weighted by Crippen LogP contribution is 2.27. The summed E-state index contributed by atoms with van der Waals surface area (Å²) in [6.07, 6.45) is 0.851. The highest BCUT2D eigenvalue weighted by atomic mass is 19.1. The average Bonchev–Trinajstić information content (AvgIpc) is 2.34. The standard InChI is InChI=1S/C14H17FN2/c1-4-10-8-13(16-5-2)11-6-7-12(15)9(3)14(11)17-10/h6-8H,4-5H2,1-3H3,(H,16,17). The second-order valence-corrected chi connectivity index (χ2v) is 4.11. The average molecular weight is 232 g/mol. The molecule has 1 N–H and O–H groups in total. The van der Waals surface area contributed by atoms with E-state index in [1.807, 2.05) is 13.0 Å². The first-order valence-electron chi connectivity index (χ1n) is 6.00. The van der Waals surface area contributed by atoms with Crippen molar-refractivity contribution in [2.75, 3.05) is 11.9 Å². The molecular formula is C14H17FN2. The Morgan fingerprint density at radius 2 is 2.06 bits per heavy atom. The fourth-order valence-corrected chi connectivity index (χ4v) is 1.98. The number of rotatable bonds is 3. The molecule has 2 nitrogen and oxygen atoms in total. The normalized spacial score (nSPS) is 10.8. The van der Waals surface area contributed by atoms with Gasteiger partial charge in [-0.15, -0.1) is 0 Å². The minimum atomic E-state index is -0.194. The molecule has 0 saturated heterocycles. The van der Waals surface area contributed by atoms with Crippen molar-refractivity contribution in [3.8, 4) is 0 Å². The molecule has 0 saturated carbocycles. The van der Waals surface area contributed by atoms with Crippen LogP contribution in [0.4, 0.5) is 10.1 Å². The van der Waals surface area contributed by atoms with E-state index in [0.29, 0.717) is 5.56 Å². The summed E-state index contributed by atoms with van der Waals surface area (Å²) in [7, 11) is 0. The molecule has 2 aromatic rings. The van der Waals surface area contributed by atoms with Crippen LogP contribution >= 0.6 is 0 Å². The van der Waals surface area contributed by atoms with Gasteiger partial charge >= 0.3 is 0 Å². The Bertz CT molecular complexity index is 549. The van der Waals surface area contributed by atoms with Gasteiger partial charge in [0.15, 0.2) is 0 Å². The van der Waals surface area contributed by atoms with Crippen LogP contribution in [-0.2, 0) is 6.42 Å². The lowest BCUT2D eigenvalue weighted by Gasteiger charge is -2.11. The van der Waals surface area contributed by atoms with Crippen molar-refractivity contribution in [2.24, 2.45) is 0 Å². The van der Waals surface area contributed by atoms with E-state index in [0.717, 1.165) is 35.2 Å². The van der Waals surface area contributed by atoms with E-state index in [1.165, 1.54) is 6.07 Å². The van der Waals surface area contributed by atoms with Gasteiger partial charge < -0.3 is 5.32 Å². The molecule has 17 heavy (non-hydrogen) atoms. The maximum atomic E-state index is 13.5. The third kappa shape index (κ3) is 2.09. The third-order valence-corrected chi connectivity index (χ3v) is 2.95. The quantitative estimate of drug-likeness (QED) is 0.873. The predicted molar refractivity (Wildman–Crippen MR) is 70.0 cm³/mol. The number of anilines is 1. The molecule has 0 bridgehead atoms. The van der Waals surface area contributed by atoms with Crippen molar-refractivity contribution in [3.05, 3.63) is 35.3 Å². The van der Waals surface area contributed by atoms with Crippen molar-refractivity contribution in [1.29, 1.82) is 0 Å². The Hall–Kier alpha value is -1.64. The van der Waals surface area contributed by atoms with Crippen molar-refractivity contribution in [2.45, 2.75) is 27.2 Å². The summed E-state index contributed by atoms with van der Waals surface area (Å²) in [4.78, 5) is 4.52. The van der Waals surface area contributed by atoms with Crippen LogP contribution in [0.5, 0.6) is 0 Å². The number of nitrogens with zero attached hydrogens (tertiary/aromatic N) is 1. The summed E-state index contributed by atoms with van der Waals surface area (Å²) in [6, 6.07) is 5.34. The van der Waals surface area contributed by atoms with Gasteiger partial charge in [-0.25, -0.2) is 4.39 Å². The van der Waals surface area contributed by atoms with Gasteiger partial charge in [-0.2, -0.15) is 0 Å². The SMILES string of the molecule is CCNc1cc(CC)nc2c(C)c(F)ccc12. The predicted octanol–water partition coefficient (Wildman–Crippen LogP) is 3.68. The Kier molecular flexibility index (Phi) is 3.27. The Labute approximate surface area is 101 Å². The van der Waals surface area contributed by atoms with Gasteiger partial charge in [-0.3, -0.25) is 4.98 Å². The molecule has 0 fully saturated rings. The smallest absolute Gasteiger partial charge is 0.128 e. The van der Waals surface area contributed by atoms with Gasteiger partial charge in [0.25, 0.3) is 0 Å². The summed E-state index contributed by atoms with van der Waals surface area (Å²) in [5, 5.41) is 4.30. The second kappa shape index (κ2) is 4.70. The zero-order chi connectivity index (χ0) is 12.4. The highest BCUT2D eigenvalue weighted by molar-refractivity contribution is 5.93. The molecule has 3 heteroatoms. The van der Waals surface area contributed by atoms with E-state index in [1.54, 1.807) is 13.0 Å². The molecule has 0 amide bonds. The minimum Gasteiger partial charge on any atom is -0.385 e. The summed E-state index contributed by atoms with van der Waals surface area (Å²) in [5.74, 6) is -0.194. The van der Waals surface area contributed by atoms with Gasteiger partial charge in [0, 0.05) is 28.9 Å². The van der Waals surface area contributed by atoms with Crippen LogP contribution in [-0.4, -0.2) is 11.5 Å². The molecule has 0 radical (unpaired) electrons. The number of hydrogen-bond donors (Lipinski definition) is 1. The topological polar surface area (TPSA) is 24.9 Å². The number of aromatic nitrogens is 1. The summed E-state index contributed by atoms with van der Waals surface area (Å²) in [5.41, 5.74) is 3.41. The van der Waals surface area contributed by atoms with Crippen molar-refractivity contribution in [1.82, 2.24) is 4.98 Å². The monoisotopic (exact) mass is 232 g/mol. The fraction of sp³-hybridized carbons (Fsp3) is 0.357. The molecular weight excluding hydrogens is 215 g/mol. The number of pyridine rings is 1. The van der Waals surface area contributed by atoms with E-state index in [2.05, 4.69) is 17.2 Å². The molecule has 0 unspecified atom stereocenters. The lowest BCUT2D eigenvalue weighted by Crippen LogP contribution is -2.01. The largest absolute Gasteiger partial charge is 0.385 e. The Balaban J connectivity index is 2.76. The lowest BCUT2D eigenvalue weighted by molar-refractivity contribution is 0.620. The van der Waals surface area contributed by atoms with E-state index in [4.69, 9.17) is 0 Å². The first-order valence-corrected chi connectivity index (χ1v) is 6.00. The molecule has 1 aromatic carbocycles. The fourth-order valence-electron chi connectivity index (χ4n) is 1.98. The summed E-state index contributed by atoms with van der Waals surface area (Å²) in [6.45, 7) is 6.73. The maximum absolute atomic E-state index is 13.5. The number of hydrogen-bond acceptors (Lipinski definition) is 2. The minimum absolute atomic E-state index is 0.194. The summed E-state index contributed by atoms with van der Waals surface area (Å²) >= 11 is 0. The van der Waals surface area contributed by atoms with Gasteiger partial charge in [0.2, 0.25) is 0 Å². The van der Waals surface area contributed by atoms with E-state index >= 15 is 0 Å². The van der Waals surface area contributed by atoms with Gasteiger partial charge in [-0.05, 0) is 38.5 Å². The maximum Gasteiger partial charge on any atom is 0.128 e. The van der Waals surface area contributed by atoms with Crippen LogP contribution < -0.4 is 5.32 Å². The van der Waals surface area contributed by atoms with Crippen LogP contribution in [0, 0.1) is 12.7 Å². The van der Waals surface area contributed by atoms with Gasteiger partial charge in [0.05, 0.1) is 5.52 Å². The summed E-state index contributed by atoms with van der Waals surface area (Å²) < 4.78 is 13.5. The molecule has 0 aliphatic heterocycles. The second-order valence-electron chi connectivity index (χ2n) is 4.11. The molecule has 1 aromatic heterocycles. The number of halogens is 1. The Morgan fingerprint density at radius 1 is 1.29 bits per heavy atom. The first-order chi connectivity index (χ1) is 8.17. The van der Waals surface area contributed by atoms with E-state index in [-0.39, 0.29) is 5.82 Å². The first kappa shape index (κ1) is 11.8. The molecule has 90 valence electrons. The van der Waals surface area contributed by atoms with Crippen molar-refractivity contribution < 1.29 is 4.39 Å². The molecule has 2 rings (SSSR count). The van der Waals surface area contributed by atoms with Crippen LogP contribution in [0.2, 0.25) is 0 Å². The zero-order valence-corrected chi connectivity index (χ0v) is 10.5. The number of aryl methyl sites for hydroxylation is 2. The van der Waals surface area contributed by atoms with Crippen molar-refractivity contribution >= 4 is 16.6 Å². The molecule has 0 spiro atoms.